The smallest absolute Gasteiger partial charge is 0.118 e. The number of β-amino-alcohol motifs (C(OH)–C–C–N with tert-alkyl or cyclic N) is 1. The van der Waals surface area contributed by atoms with Gasteiger partial charge in [0.2, 0.25) is 0 Å². The quantitative estimate of drug-likeness (QED) is 0.843. The number of hydrogen-bond acceptors (Lipinski definition) is 5. The summed E-state index contributed by atoms with van der Waals surface area (Å²) in [4.78, 5) is 7.78. The SMILES string of the molecule is COc1ccc(CN2CC3(CN(Cc4ccccc4)C[C@@H]4C[C@@H](O)CN43)C2)cc1. The maximum atomic E-state index is 10.4. The van der Waals surface area contributed by atoms with E-state index in [1.54, 1.807) is 7.11 Å². The normalized spacial score (nSPS) is 27.0. The van der Waals surface area contributed by atoms with Crippen molar-refractivity contribution in [3.8, 4) is 5.75 Å². The van der Waals surface area contributed by atoms with Gasteiger partial charge in [-0.1, -0.05) is 42.5 Å². The molecule has 5 rings (SSSR count). The second-order valence-electron chi connectivity index (χ2n) is 9.07. The average Bonchev–Trinajstić information content (AvgIpc) is 3.09. The van der Waals surface area contributed by atoms with Crippen molar-refractivity contribution in [1.29, 1.82) is 0 Å². The molecule has 0 aliphatic carbocycles. The van der Waals surface area contributed by atoms with E-state index in [0.717, 1.165) is 58.0 Å². The van der Waals surface area contributed by atoms with Crippen molar-refractivity contribution >= 4 is 0 Å². The van der Waals surface area contributed by atoms with Gasteiger partial charge >= 0.3 is 0 Å². The van der Waals surface area contributed by atoms with E-state index < -0.39 is 0 Å². The molecule has 1 spiro atoms. The highest BCUT2D eigenvalue weighted by Crippen LogP contribution is 2.39. The van der Waals surface area contributed by atoms with Crippen LogP contribution < -0.4 is 4.74 Å². The molecule has 5 nitrogen and oxygen atoms in total. The number of ether oxygens (including phenoxy) is 1. The Hall–Kier alpha value is -1.92. The summed E-state index contributed by atoms with van der Waals surface area (Å²) in [5.74, 6) is 0.909. The molecule has 5 heteroatoms. The van der Waals surface area contributed by atoms with E-state index in [1.165, 1.54) is 11.1 Å². The van der Waals surface area contributed by atoms with Gasteiger partial charge in [0.25, 0.3) is 0 Å². The summed E-state index contributed by atoms with van der Waals surface area (Å²) >= 11 is 0. The van der Waals surface area contributed by atoms with Crippen LogP contribution in [0.15, 0.2) is 54.6 Å². The highest BCUT2D eigenvalue weighted by atomic mass is 16.5. The van der Waals surface area contributed by atoms with E-state index in [1.807, 2.05) is 12.1 Å². The number of methoxy groups -OCH3 is 1. The zero-order valence-electron chi connectivity index (χ0n) is 17.2. The first kappa shape index (κ1) is 19.1. The molecule has 1 N–H and O–H groups in total. The molecule has 0 aromatic heterocycles. The Morgan fingerprint density at radius 3 is 2.28 bits per heavy atom. The third kappa shape index (κ3) is 3.80. The van der Waals surface area contributed by atoms with Crippen LogP contribution in [0.3, 0.4) is 0 Å². The molecule has 154 valence electrons. The molecule has 29 heavy (non-hydrogen) atoms. The minimum Gasteiger partial charge on any atom is -0.497 e. The number of benzene rings is 2. The molecule has 3 saturated heterocycles. The van der Waals surface area contributed by atoms with Crippen LogP contribution in [0.2, 0.25) is 0 Å². The first-order valence-electron chi connectivity index (χ1n) is 10.7. The third-order valence-electron chi connectivity index (χ3n) is 6.84. The van der Waals surface area contributed by atoms with Gasteiger partial charge in [-0.25, -0.2) is 0 Å². The number of hydrogen-bond donors (Lipinski definition) is 1. The van der Waals surface area contributed by atoms with Gasteiger partial charge in [-0.2, -0.15) is 0 Å². The Morgan fingerprint density at radius 1 is 0.897 bits per heavy atom. The summed E-state index contributed by atoms with van der Waals surface area (Å²) in [6.45, 7) is 7.12. The monoisotopic (exact) mass is 393 g/mol. The van der Waals surface area contributed by atoms with Gasteiger partial charge in [-0.3, -0.25) is 14.7 Å². The van der Waals surface area contributed by atoms with Gasteiger partial charge in [0.1, 0.15) is 5.75 Å². The van der Waals surface area contributed by atoms with Crippen molar-refractivity contribution in [2.24, 2.45) is 0 Å². The number of likely N-dealkylation sites (tertiary alicyclic amines) is 1. The zero-order chi connectivity index (χ0) is 19.8. The van der Waals surface area contributed by atoms with E-state index in [-0.39, 0.29) is 11.6 Å². The maximum absolute atomic E-state index is 10.4. The van der Waals surface area contributed by atoms with E-state index in [9.17, 15) is 5.11 Å². The van der Waals surface area contributed by atoms with Crippen molar-refractivity contribution in [3.63, 3.8) is 0 Å². The van der Waals surface area contributed by atoms with E-state index in [2.05, 4.69) is 57.2 Å². The number of piperazine rings is 1. The summed E-state index contributed by atoms with van der Waals surface area (Å²) in [6.07, 6.45) is 0.732. The summed E-state index contributed by atoms with van der Waals surface area (Å²) in [7, 11) is 1.71. The molecule has 2 aromatic carbocycles. The maximum Gasteiger partial charge on any atom is 0.118 e. The molecule has 0 radical (unpaired) electrons. The fourth-order valence-corrected chi connectivity index (χ4v) is 5.65. The Balaban J connectivity index is 1.27. The lowest BCUT2D eigenvalue weighted by molar-refractivity contribution is -0.118. The molecule has 0 saturated carbocycles. The average molecular weight is 394 g/mol. The molecule has 3 fully saturated rings. The van der Waals surface area contributed by atoms with Crippen LogP contribution >= 0.6 is 0 Å². The summed E-state index contributed by atoms with van der Waals surface area (Å²) in [5.41, 5.74) is 2.89. The molecule has 0 bridgehead atoms. The number of nitrogens with zero attached hydrogens (tertiary/aromatic N) is 3. The van der Waals surface area contributed by atoms with Gasteiger partial charge < -0.3 is 9.84 Å². The predicted octanol–water partition coefficient (Wildman–Crippen LogP) is 2.20. The van der Waals surface area contributed by atoms with Crippen molar-refractivity contribution in [2.45, 2.75) is 37.2 Å². The lowest BCUT2D eigenvalue weighted by Crippen LogP contribution is -2.77. The van der Waals surface area contributed by atoms with E-state index in [0.29, 0.717) is 6.04 Å². The van der Waals surface area contributed by atoms with Crippen LogP contribution in [0.1, 0.15) is 17.5 Å². The highest BCUT2D eigenvalue weighted by Gasteiger charge is 2.55. The fourth-order valence-electron chi connectivity index (χ4n) is 5.65. The van der Waals surface area contributed by atoms with Crippen LogP contribution in [0.25, 0.3) is 0 Å². The van der Waals surface area contributed by atoms with Crippen molar-refractivity contribution in [1.82, 2.24) is 14.7 Å². The Labute approximate surface area is 173 Å². The number of fused-ring (bicyclic) bond motifs is 2. The van der Waals surface area contributed by atoms with Gasteiger partial charge in [0.05, 0.1) is 18.8 Å². The number of aliphatic hydroxyl groups is 1. The molecule has 0 amide bonds. The molecule has 2 atom stereocenters. The highest BCUT2D eigenvalue weighted by molar-refractivity contribution is 5.28. The lowest BCUT2D eigenvalue weighted by Gasteiger charge is -2.61. The summed E-state index contributed by atoms with van der Waals surface area (Å²) in [6, 6.07) is 19.7. The molecule has 2 aromatic rings. The third-order valence-corrected chi connectivity index (χ3v) is 6.84. The molecule has 3 heterocycles. The van der Waals surface area contributed by atoms with Gasteiger partial charge in [0.15, 0.2) is 0 Å². The van der Waals surface area contributed by atoms with Crippen molar-refractivity contribution in [2.75, 3.05) is 39.8 Å². The molecular formula is C24H31N3O2. The minimum absolute atomic E-state index is 0.177. The van der Waals surface area contributed by atoms with Crippen LogP contribution in [-0.4, -0.2) is 77.3 Å². The van der Waals surface area contributed by atoms with Crippen LogP contribution in [0.4, 0.5) is 0 Å². The summed E-state index contributed by atoms with van der Waals surface area (Å²) in [5, 5.41) is 10.4. The second kappa shape index (κ2) is 7.73. The predicted molar refractivity (Wildman–Crippen MR) is 114 cm³/mol. The molecule has 3 aliphatic rings. The molecule has 0 unspecified atom stereocenters. The minimum atomic E-state index is -0.177. The Morgan fingerprint density at radius 2 is 1.55 bits per heavy atom. The lowest BCUT2D eigenvalue weighted by atomic mass is 9.83. The van der Waals surface area contributed by atoms with Crippen molar-refractivity contribution < 1.29 is 9.84 Å². The second-order valence-corrected chi connectivity index (χ2v) is 9.07. The topological polar surface area (TPSA) is 39.2 Å². The Bertz CT molecular complexity index is 820. The molecular weight excluding hydrogens is 362 g/mol. The largest absolute Gasteiger partial charge is 0.497 e. The van der Waals surface area contributed by atoms with Crippen LogP contribution in [0.5, 0.6) is 5.75 Å². The summed E-state index contributed by atoms with van der Waals surface area (Å²) < 4.78 is 5.27. The number of rotatable bonds is 5. The fraction of sp³-hybridized carbons (Fsp3) is 0.500. The van der Waals surface area contributed by atoms with E-state index in [4.69, 9.17) is 4.74 Å². The van der Waals surface area contributed by atoms with E-state index >= 15 is 0 Å². The first-order chi connectivity index (χ1) is 14.1. The van der Waals surface area contributed by atoms with Gasteiger partial charge in [0, 0.05) is 51.9 Å². The molecule has 3 aliphatic heterocycles. The Kier molecular flexibility index (Phi) is 5.08. The zero-order valence-corrected chi connectivity index (χ0v) is 17.2. The standard InChI is InChI=1S/C24H31N3O2/c1-29-23-9-7-20(8-10-23)13-26-17-24(18-26)16-25(12-19-5-3-2-4-6-19)14-21-11-22(28)15-27(21)24/h2-10,21-22,28H,11-18H2,1H3/t21-,22+/m0/s1. The van der Waals surface area contributed by atoms with Crippen molar-refractivity contribution in [3.05, 3.63) is 65.7 Å². The van der Waals surface area contributed by atoms with Gasteiger partial charge in [-0.05, 0) is 29.7 Å². The first-order valence-corrected chi connectivity index (χ1v) is 10.7. The van der Waals surface area contributed by atoms with Crippen LogP contribution in [-0.2, 0) is 13.1 Å². The number of aliphatic hydroxyl groups excluding tert-OH is 1. The van der Waals surface area contributed by atoms with Gasteiger partial charge in [-0.15, -0.1) is 0 Å². The van der Waals surface area contributed by atoms with Crippen LogP contribution in [0, 0.1) is 0 Å².